The SMILES string of the molecule is O=C(Nc1sc2c(c1[C@@H](Nc1ccccn1)c1ccc3c(c1)OCO3)CCCC2)c1ccccc1. The molecule has 0 radical (unpaired) electrons. The molecular formula is C28H25N3O3S. The Balaban J connectivity index is 1.46. The molecule has 1 aliphatic heterocycles. The molecule has 0 unspecified atom stereocenters. The van der Waals surface area contributed by atoms with Gasteiger partial charge < -0.3 is 20.1 Å². The normalized spacial score (nSPS) is 14.7. The molecule has 176 valence electrons. The van der Waals surface area contributed by atoms with Gasteiger partial charge in [0.05, 0.1) is 6.04 Å². The van der Waals surface area contributed by atoms with E-state index in [1.807, 2.05) is 60.7 Å². The predicted molar refractivity (Wildman–Crippen MR) is 138 cm³/mol. The molecule has 2 aliphatic rings. The number of thiophene rings is 1. The summed E-state index contributed by atoms with van der Waals surface area (Å²) in [5, 5.41) is 7.76. The first-order valence-corrected chi connectivity index (χ1v) is 12.7. The van der Waals surface area contributed by atoms with Crippen LogP contribution in [-0.2, 0) is 12.8 Å². The van der Waals surface area contributed by atoms with Gasteiger partial charge in [0, 0.05) is 22.2 Å². The molecule has 0 bridgehead atoms. The lowest BCUT2D eigenvalue weighted by atomic mass is 9.89. The van der Waals surface area contributed by atoms with E-state index in [0.29, 0.717) is 5.56 Å². The second-order valence-electron chi connectivity index (χ2n) is 8.68. The van der Waals surface area contributed by atoms with E-state index in [-0.39, 0.29) is 18.7 Å². The zero-order chi connectivity index (χ0) is 23.6. The lowest BCUT2D eigenvalue weighted by Crippen LogP contribution is -2.19. The number of fused-ring (bicyclic) bond motifs is 2. The summed E-state index contributed by atoms with van der Waals surface area (Å²) in [7, 11) is 0. The maximum atomic E-state index is 13.2. The molecule has 2 aromatic heterocycles. The number of pyridine rings is 1. The number of nitrogens with zero attached hydrogens (tertiary/aromatic N) is 1. The fraction of sp³-hybridized carbons (Fsp3) is 0.214. The third-order valence-electron chi connectivity index (χ3n) is 6.45. The van der Waals surface area contributed by atoms with Crippen molar-refractivity contribution in [2.45, 2.75) is 31.7 Å². The van der Waals surface area contributed by atoms with E-state index in [2.05, 4.69) is 21.7 Å². The first-order chi connectivity index (χ1) is 17.3. The maximum absolute atomic E-state index is 13.2. The number of rotatable bonds is 6. The summed E-state index contributed by atoms with van der Waals surface area (Å²) >= 11 is 1.70. The fourth-order valence-electron chi connectivity index (χ4n) is 4.76. The van der Waals surface area contributed by atoms with E-state index >= 15 is 0 Å². The number of hydrogen-bond donors (Lipinski definition) is 2. The number of aryl methyl sites for hydroxylation is 1. The molecule has 2 aromatic carbocycles. The Hall–Kier alpha value is -3.84. The molecule has 0 spiro atoms. The number of ether oxygens (including phenoxy) is 2. The highest BCUT2D eigenvalue weighted by molar-refractivity contribution is 7.16. The molecule has 0 saturated carbocycles. The predicted octanol–water partition coefficient (Wildman–Crippen LogP) is 6.20. The van der Waals surface area contributed by atoms with Crippen molar-refractivity contribution in [1.82, 2.24) is 4.98 Å². The number of nitrogens with one attached hydrogen (secondary N) is 2. The minimum atomic E-state index is -0.219. The maximum Gasteiger partial charge on any atom is 0.256 e. The van der Waals surface area contributed by atoms with Crippen molar-refractivity contribution in [2.24, 2.45) is 0 Å². The molecule has 1 amide bonds. The Morgan fingerprint density at radius 3 is 2.63 bits per heavy atom. The Labute approximate surface area is 207 Å². The molecule has 35 heavy (non-hydrogen) atoms. The molecule has 3 heterocycles. The highest BCUT2D eigenvalue weighted by Gasteiger charge is 2.30. The van der Waals surface area contributed by atoms with Crippen molar-refractivity contribution in [3.8, 4) is 11.5 Å². The number of benzene rings is 2. The van der Waals surface area contributed by atoms with Crippen molar-refractivity contribution in [3.05, 3.63) is 100 Å². The van der Waals surface area contributed by atoms with Crippen molar-refractivity contribution < 1.29 is 14.3 Å². The van der Waals surface area contributed by atoms with Gasteiger partial charge in [0.15, 0.2) is 11.5 Å². The van der Waals surface area contributed by atoms with Gasteiger partial charge in [0.25, 0.3) is 5.91 Å². The standard InChI is InChI=1S/C28H25N3O3S/c32-27(18-8-2-1-3-9-18)31-28-25(20-10-4-5-11-23(20)35-28)26(30-24-12-6-7-15-29-24)19-13-14-21-22(16-19)34-17-33-21/h1-3,6-9,12-16,26H,4-5,10-11,17H2,(H,29,30)(H,31,32)/t26-/m0/s1. The average molecular weight is 484 g/mol. The molecular weight excluding hydrogens is 458 g/mol. The summed E-state index contributed by atoms with van der Waals surface area (Å²) in [5.74, 6) is 2.14. The summed E-state index contributed by atoms with van der Waals surface area (Å²) in [5.41, 5.74) is 4.11. The summed E-state index contributed by atoms with van der Waals surface area (Å²) in [6.45, 7) is 0.226. The number of anilines is 2. The van der Waals surface area contributed by atoms with Crippen molar-refractivity contribution in [1.29, 1.82) is 0 Å². The Bertz CT molecular complexity index is 1350. The van der Waals surface area contributed by atoms with E-state index in [0.717, 1.165) is 52.7 Å². The topological polar surface area (TPSA) is 72.5 Å². The van der Waals surface area contributed by atoms with Crippen molar-refractivity contribution >= 4 is 28.1 Å². The zero-order valence-corrected chi connectivity index (χ0v) is 19.9. The summed E-state index contributed by atoms with van der Waals surface area (Å²) in [6.07, 6.45) is 6.11. The average Bonchev–Trinajstić information content (AvgIpc) is 3.52. The minimum absolute atomic E-state index is 0.104. The largest absolute Gasteiger partial charge is 0.454 e. The van der Waals surface area contributed by atoms with Crippen molar-refractivity contribution in [2.75, 3.05) is 17.4 Å². The summed E-state index contributed by atoms with van der Waals surface area (Å²) in [4.78, 5) is 19.1. The van der Waals surface area contributed by atoms with Crippen LogP contribution in [0.1, 0.15) is 50.8 Å². The van der Waals surface area contributed by atoms with Gasteiger partial charge in [-0.25, -0.2) is 4.98 Å². The quantitative estimate of drug-likeness (QED) is 0.341. The van der Waals surface area contributed by atoms with Crippen molar-refractivity contribution in [3.63, 3.8) is 0 Å². The van der Waals surface area contributed by atoms with Gasteiger partial charge in [-0.2, -0.15) is 0 Å². The molecule has 7 heteroatoms. The summed E-state index contributed by atoms with van der Waals surface area (Å²) in [6, 6.07) is 21.0. The molecule has 1 atom stereocenters. The van der Waals surface area contributed by atoms with Crippen LogP contribution < -0.4 is 20.1 Å². The monoisotopic (exact) mass is 483 g/mol. The minimum Gasteiger partial charge on any atom is -0.454 e. The molecule has 1 aliphatic carbocycles. The van der Waals surface area contributed by atoms with Gasteiger partial charge in [0.2, 0.25) is 6.79 Å². The van der Waals surface area contributed by atoms with Crippen LogP contribution in [0.25, 0.3) is 0 Å². The zero-order valence-electron chi connectivity index (χ0n) is 19.1. The van der Waals surface area contributed by atoms with E-state index in [9.17, 15) is 4.79 Å². The van der Waals surface area contributed by atoms with E-state index in [4.69, 9.17) is 9.47 Å². The Morgan fingerprint density at radius 1 is 0.943 bits per heavy atom. The lowest BCUT2D eigenvalue weighted by molar-refractivity contribution is 0.102. The third-order valence-corrected chi connectivity index (χ3v) is 7.67. The summed E-state index contributed by atoms with van der Waals surface area (Å²) < 4.78 is 11.2. The Kier molecular flexibility index (Phi) is 5.84. The second-order valence-corrected chi connectivity index (χ2v) is 9.78. The third kappa shape index (κ3) is 4.35. The van der Waals surface area contributed by atoms with Crippen LogP contribution in [0.4, 0.5) is 10.8 Å². The van der Waals surface area contributed by atoms with Gasteiger partial charge in [-0.1, -0.05) is 30.3 Å². The van der Waals surface area contributed by atoms with Gasteiger partial charge >= 0.3 is 0 Å². The highest BCUT2D eigenvalue weighted by atomic mass is 32.1. The molecule has 6 rings (SSSR count). The smallest absolute Gasteiger partial charge is 0.256 e. The fourth-order valence-corrected chi connectivity index (χ4v) is 6.09. The van der Waals surface area contributed by atoms with Gasteiger partial charge in [0.1, 0.15) is 10.8 Å². The van der Waals surface area contributed by atoms with Crippen LogP contribution in [-0.4, -0.2) is 17.7 Å². The number of amides is 1. The van der Waals surface area contributed by atoms with Gasteiger partial charge in [-0.15, -0.1) is 11.3 Å². The van der Waals surface area contributed by atoms with E-state index in [1.54, 1.807) is 17.5 Å². The van der Waals surface area contributed by atoms with Gasteiger partial charge in [-0.05, 0) is 73.2 Å². The molecule has 6 nitrogen and oxygen atoms in total. The van der Waals surface area contributed by atoms with Crippen LogP contribution >= 0.6 is 11.3 Å². The molecule has 4 aromatic rings. The van der Waals surface area contributed by atoms with Crippen LogP contribution in [0.15, 0.2) is 72.9 Å². The van der Waals surface area contributed by atoms with Crippen LogP contribution in [0.2, 0.25) is 0 Å². The Morgan fingerprint density at radius 2 is 1.77 bits per heavy atom. The number of carbonyl (C=O) groups is 1. The second kappa shape index (κ2) is 9.43. The number of aromatic nitrogens is 1. The molecule has 0 saturated heterocycles. The first-order valence-electron chi connectivity index (χ1n) is 11.8. The highest BCUT2D eigenvalue weighted by Crippen LogP contribution is 2.46. The number of carbonyl (C=O) groups excluding carboxylic acids is 1. The van der Waals surface area contributed by atoms with E-state index in [1.165, 1.54) is 16.9 Å². The van der Waals surface area contributed by atoms with E-state index < -0.39 is 0 Å². The van der Waals surface area contributed by atoms with Crippen LogP contribution in [0.5, 0.6) is 11.5 Å². The van der Waals surface area contributed by atoms with Crippen LogP contribution in [0, 0.1) is 0 Å². The first kappa shape index (κ1) is 21.7. The van der Waals surface area contributed by atoms with Gasteiger partial charge in [-0.3, -0.25) is 4.79 Å². The lowest BCUT2D eigenvalue weighted by Gasteiger charge is -2.24. The molecule has 0 fully saturated rings. The number of hydrogen-bond acceptors (Lipinski definition) is 6. The molecule has 2 N–H and O–H groups in total. The van der Waals surface area contributed by atoms with Crippen LogP contribution in [0.3, 0.4) is 0 Å².